The van der Waals surface area contributed by atoms with Crippen LogP contribution >= 0.6 is 0 Å². The number of anilines is 2. The van der Waals surface area contributed by atoms with Gasteiger partial charge in [0.1, 0.15) is 5.82 Å². The molecule has 2 rings (SSSR count). The van der Waals surface area contributed by atoms with Gasteiger partial charge in [0.15, 0.2) is 0 Å². The van der Waals surface area contributed by atoms with Crippen LogP contribution in [0.15, 0.2) is 18.3 Å². The fraction of sp³-hybridized carbons (Fsp3) is 0.400. The van der Waals surface area contributed by atoms with Crippen LogP contribution in [0.4, 0.5) is 11.5 Å². The van der Waals surface area contributed by atoms with Gasteiger partial charge in [-0.1, -0.05) is 0 Å². The lowest BCUT2D eigenvalue weighted by atomic mass is 10.2. The molecule has 1 aliphatic rings. The molecule has 0 aromatic carbocycles. The Bertz CT molecular complexity index is 349. The first kappa shape index (κ1) is 9.76. The lowest BCUT2D eigenvalue weighted by Gasteiger charge is -2.11. The van der Waals surface area contributed by atoms with Gasteiger partial charge < -0.3 is 16.4 Å². The van der Waals surface area contributed by atoms with E-state index >= 15 is 0 Å². The summed E-state index contributed by atoms with van der Waals surface area (Å²) in [6.07, 6.45) is 3.21. The molecule has 0 radical (unpaired) electrons. The Kier molecular flexibility index (Phi) is 2.71. The molecule has 0 bridgehead atoms. The van der Waals surface area contributed by atoms with Crippen molar-refractivity contribution in [2.45, 2.75) is 18.9 Å². The average molecular weight is 206 g/mol. The Balaban J connectivity index is 1.83. The Morgan fingerprint density at radius 2 is 2.47 bits per heavy atom. The minimum Gasteiger partial charge on any atom is -0.384 e. The maximum Gasteiger partial charge on any atom is 0.220 e. The molecule has 1 amide bonds. The average Bonchev–Trinajstić information content (AvgIpc) is 2.64. The van der Waals surface area contributed by atoms with Crippen molar-refractivity contribution in [1.29, 1.82) is 0 Å². The third kappa shape index (κ3) is 2.59. The summed E-state index contributed by atoms with van der Waals surface area (Å²) >= 11 is 0. The smallest absolute Gasteiger partial charge is 0.220 e. The molecule has 5 nitrogen and oxygen atoms in total. The molecule has 1 aliphatic heterocycles. The summed E-state index contributed by atoms with van der Waals surface area (Å²) in [6, 6.07) is 3.85. The second-order valence-electron chi connectivity index (χ2n) is 3.66. The number of aromatic nitrogens is 1. The molecule has 0 spiro atoms. The molecule has 1 aromatic heterocycles. The summed E-state index contributed by atoms with van der Waals surface area (Å²) < 4.78 is 0. The van der Waals surface area contributed by atoms with Gasteiger partial charge in [0, 0.05) is 19.0 Å². The lowest BCUT2D eigenvalue weighted by Crippen LogP contribution is -2.31. The predicted molar refractivity (Wildman–Crippen MR) is 58.3 cm³/mol. The number of amides is 1. The molecule has 1 saturated heterocycles. The van der Waals surface area contributed by atoms with Gasteiger partial charge in [-0.15, -0.1) is 0 Å². The van der Waals surface area contributed by atoms with Crippen molar-refractivity contribution in [2.24, 2.45) is 0 Å². The number of carbonyl (C=O) groups excluding carboxylic acids is 1. The number of pyridine rings is 1. The summed E-state index contributed by atoms with van der Waals surface area (Å²) in [5, 5.41) is 6.09. The molecule has 1 fully saturated rings. The van der Waals surface area contributed by atoms with Crippen molar-refractivity contribution in [3.63, 3.8) is 0 Å². The molecule has 80 valence electrons. The standard InChI is InChI=1S/C10H14N4O/c11-9-3-1-7(5-13-9)12-6-8-2-4-10(15)14-8/h1,3,5,8,12H,2,4,6H2,(H2,11,13)(H,14,15). The van der Waals surface area contributed by atoms with E-state index in [9.17, 15) is 4.79 Å². The first-order chi connectivity index (χ1) is 7.24. The van der Waals surface area contributed by atoms with E-state index in [1.807, 2.05) is 6.07 Å². The summed E-state index contributed by atoms with van der Waals surface area (Å²) in [5.74, 6) is 0.645. The van der Waals surface area contributed by atoms with Gasteiger partial charge in [0.05, 0.1) is 11.9 Å². The summed E-state index contributed by atoms with van der Waals surface area (Å²) in [7, 11) is 0. The number of nitrogen functional groups attached to an aromatic ring is 1. The highest BCUT2D eigenvalue weighted by Gasteiger charge is 2.19. The molecule has 15 heavy (non-hydrogen) atoms. The van der Waals surface area contributed by atoms with Crippen LogP contribution in [0.1, 0.15) is 12.8 Å². The van der Waals surface area contributed by atoms with Crippen LogP contribution in [0, 0.1) is 0 Å². The largest absolute Gasteiger partial charge is 0.384 e. The summed E-state index contributed by atoms with van der Waals surface area (Å²) in [5.41, 5.74) is 6.39. The van der Waals surface area contributed by atoms with E-state index in [4.69, 9.17) is 5.73 Å². The van der Waals surface area contributed by atoms with Gasteiger partial charge in [-0.05, 0) is 18.6 Å². The molecule has 4 N–H and O–H groups in total. The van der Waals surface area contributed by atoms with Crippen molar-refractivity contribution in [3.05, 3.63) is 18.3 Å². The monoisotopic (exact) mass is 206 g/mol. The zero-order valence-electron chi connectivity index (χ0n) is 8.36. The molecule has 0 saturated carbocycles. The first-order valence-corrected chi connectivity index (χ1v) is 4.99. The molecular weight excluding hydrogens is 192 g/mol. The molecular formula is C10H14N4O. The minimum atomic E-state index is 0.136. The summed E-state index contributed by atoms with van der Waals surface area (Å²) in [6.45, 7) is 0.733. The van der Waals surface area contributed by atoms with Crippen molar-refractivity contribution in [2.75, 3.05) is 17.6 Å². The minimum absolute atomic E-state index is 0.136. The maximum atomic E-state index is 10.9. The fourth-order valence-electron chi connectivity index (χ4n) is 1.58. The fourth-order valence-corrected chi connectivity index (χ4v) is 1.58. The third-order valence-electron chi connectivity index (χ3n) is 2.42. The zero-order chi connectivity index (χ0) is 10.7. The van der Waals surface area contributed by atoms with E-state index in [0.717, 1.165) is 18.7 Å². The van der Waals surface area contributed by atoms with Crippen molar-refractivity contribution in [1.82, 2.24) is 10.3 Å². The van der Waals surface area contributed by atoms with E-state index < -0.39 is 0 Å². The van der Waals surface area contributed by atoms with Gasteiger partial charge in [-0.3, -0.25) is 4.79 Å². The van der Waals surface area contributed by atoms with Crippen molar-refractivity contribution < 1.29 is 4.79 Å². The predicted octanol–water partition coefficient (Wildman–Crippen LogP) is 0.354. The highest BCUT2D eigenvalue weighted by molar-refractivity contribution is 5.78. The third-order valence-corrected chi connectivity index (χ3v) is 2.42. The molecule has 0 aliphatic carbocycles. The van der Waals surface area contributed by atoms with E-state index in [1.54, 1.807) is 12.3 Å². The topological polar surface area (TPSA) is 80.0 Å². The second-order valence-corrected chi connectivity index (χ2v) is 3.66. The number of hydrogen-bond acceptors (Lipinski definition) is 4. The van der Waals surface area contributed by atoms with Crippen LogP contribution in [0.5, 0.6) is 0 Å². The van der Waals surface area contributed by atoms with Crippen LogP contribution in [0.3, 0.4) is 0 Å². The Hall–Kier alpha value is -1.78. The lowest BCUT2D eigenvalue weighted by molar-refractivity contribution is -0.119. The van der Waals surface area contributed by atoms with Gasteiger partial charge in [0.2, 0.25) is 5.91 Å². The zero-order valence-corrected chi connectivity index (χ0v) is 8.36. The quantitative estimate of drug-likeness (QED) is 0.667. The molecule has 1 unspecified atom stereocenters. The highest BCUT2D eigenvalue weighted by atomic mass is 16.1. The van der Waals surface area contributed by atoms with Crippen LogP contribution < -0.4 is 16.4 Å². The molecule has 1 atom stereocenters. The van der Waals surface area contributed by atoms with Crippen LogP contribution in [-0.2, 0) is 4.79 Å². The van der Waals surface area contributed by atoms with Crippen molar-refractivity contribution >= 4 is 17.4 Å². The molecule has 1 aromatic rings. The SMILES string of the molecule is Nc1ccc(NCC2CCC(=O)N2)cn1. The molecule has 5 heteroatoms. The Labute approximate surface area is 88.1 Å². The molecule has 2 heterocycles. The number of nitrogens with zero attached hydrogens (tertiary/aromatic N) is 1. The Morgan fingerprint density at radius 1 is 1.60 bits per heavy atom. The normalized spacial score (nSPS) is 20.0. The van der Waals surface area contributed by atoms with E-state index in [2.05, 4.69) is 15.6 Å². The summed E-state index contributed by atoms with van der Waals surface area (Å²) in [4.78, 5) is 14.9. The number of hydrogen-bond donors (Lipinski definition) is 3. The van der Waals surface area contributed by atoms with Gasteiger partial charge >= 0.3 is 0 Å². The maximum absolute atomic E-state index is 10.9. The Morgan fingerprint density at radius 3 is 3.07 bits per heavy atom. The highest BCUT2D eigenvalue weighted by Crippen LogP contribution is 2.10. The van der Waals surface area contributed by atoms with E-state index in [1.165, 1.54) is 0 Å². The number of carbonyl (C=O) groups is 1. The van der Waals surface area contributed by atoms with Crippen LogP contribution in [0.2, 0.25) is 0 Å². The number of nitrogens with one attached hydrogen (secondary N) is 2. The van der Waals surface area contributed by atoms with Gasteiger partial charge in [0.25, 0.3) is 0 Å². The number of rotatable bonds is 3. The second kappa shape index (κ2) is 4.16. The first-order valence-electron chi connectivity index (χ1n) is 4.99. The van der Waals surface area contributed by atoms with Crippen LogP contribution in [-0.4, -0.2) is 23.5 Å². The number of nitrogens with two attached hydrogens (primary N) is 1. The van der Waals surface area contributed by atoms with E-state index in [-0.39, 0.29) is 11.9 Å². The van der Waals surface area contributed by atoms with Crippen molar-refractivity contribution in [3.8, 4) is 0 Å². The van der Waals surface area contributed by atoms with Gasteiger partial charge in [-0.25, -0.2) is 4.98 Å². The van der Waals surface area contributed by atoms with E-state index in [0.29, 0.717) is 12.2 Å². The van der Waals surface area contributed by atoms with Crippen LogP contribution in [0.25, 0.3) is 0 Å². The van der Waals surface area contributed by atoms with Gasteiger partial charge in [-0.2, -0.15) is 0 Å².